The molecular formula is C13H14FN3O. The predicted octanol–water partition coefficient (Wildman–Crippen LogP) is 1.98. The molecule has 0 aliphatic rings. The molecule has 0 spiro atoms. The molecule has 0 fully saturated rings. The topological polar surface area (TPSA) is 61.0 Å². The summed E-state index contributed by atoms with van der Waals surface area (Å²) < 4.78 is 18.4. The van der Waals surface area contributed by atoms with E-state index in [-0.39, 0.29) is 5.75 Å². The van der Waals surface area contributed by atoms with Crippen LogP contribution < -0.4 is 10.5 Å². The van der Waals surface area contributed by atoms with Crippen LogP contribution in [0, 0.1) is 12.7 Å². The van der Waals surface area contributed by atoms with Crippen molar-refractivity contribution in [1.29, 1.82) is 0 Å². The molecule has 0 radical (unpaired) electrons. The number of hydrogen-bond donors (Lipinski definition) is 1. The van der Waals surface area contributed by atoms with E-state index in [1.165, 1.54) is 13.2 Å². The van der Waals surface area contributed by atoms with Crippen molar-refractivity contribution in [2.24, 2.45) is 5.73 Å². The highest BCUT2D eigenvalue weighted by molar-refractivity contribution is 5.33. The van der Waals surface area contributed by atoms with E-state index in [2.05, 4.69) is 9.97 Å². The molecule has 2 rings (SSSR count). The van der Waals surface area contributed by atoms with E-state index in [4.69, 9.17) is 10.5 Å². The summed E-state index contributed by atoms with van der Waals surface area (Å²) in [6.07, 6.45) is 3.37. The minimum Gasteiger partial charge on any atom is -0.494 e. The molecule has 1 aromatic carbocycles. The summed E-state index contributed by atoms with van der Waals surface area (Å²) in [6, 6.07) is 4.03. The number of halogens is 1. The number of hydrogen-bond acceptors (Lipinski definition) is 4. The third-order valence-electron chi connectivity index (χ3n) is 2.61. The van der Waals surface area contributed by atoms with Crippen LogP contribution in [0.1, 0.15) is 23.0 Å². The summed E-state index contributed by atoms with van der Waals surface area (Å²) in [5.41, 5.74) is 7.55. The first-order chi connectivity index (χ1) is 8.61. The number of nitrogens with zero attached hydrogens (tertiary/aromatic N) is 2. The first kappa shape index (κ1) is 12.4. The van der Waals surface area contributed by atoms with Crippen LogP contribution in [0.25, 0.3) is 0 Å². The Hall–Kier alpha value is -2.01. The molecule has 1 heterocycles. The molecule has 2 aromatic rings. The third-order valence-corrected chi connectivity index (χ3v) is 2.61. The Morgan fingerprint density at radius 3 is 2.50 bits per heavy atom. The van der Waals surface area contributed by atoms with Gasteiger partial charge in [-0.2, -0.15) is 0 Å². The molecule has 0 bridgehead atoms. The lowest BCUT2D eigenvalue weighted by Gasteiger charge is -2.11. The van der Waals surface area contributed by atoms with E-state index in [0.717, 1.165) is 5.56 Å². The van der Waals surface area contributed by atoms with Gasteiger partial charge in [-0.25, -0.2) is 14.4 Å². The lowest BCUT2D eigenvalue weighted by molar-refractivity contribution is 0.386. The monoisotopic (exact) mass is 247 g/mol. The van der Waals surface area contributed by atoms with Crippen molar-refractivity contribution in [3.05, 3.63) is 53.4 Å². The minimum absolute atomic E-state index is 0.191. The molecule has 0 saturated carbocycles. The normalized spacial score (nSPS) is 12.2. The quantitative estimate of drug-likeness (QED) is 0.900. The third kappa shape index (κ3) is 2.46. The van der Waals surface area contributed by atoms with Crippen molar-refractivity contribution < 1.29 is 9.13 Å². The second kappa shape index (κ2) is 5.10. The lowest BCUT2D eigenvalue weighted by atomic mass is 10.1. The number of methoxy groups -OCH3 is 1. The molecule has 18 heavy (non-hydrogen) atoms. The Morgan fingerprint density at radius 1 is 1.28 bits per heavy atom. The van der Waals surface area contributed by atoms with Gasteiger partial charge < -0.3 is 10.5 Å². The molecule has 0 aliphatic carbocycles. The Labute approximate surface area is 105 Å². The molecule has 1 aromatic heterocycles. The van der Waals surface area contributed by atoms with E-state index in [0.29, 0.717) is 11.4 Å². The number of aryl methyl sites for hydroxylation is 1. The fourth-order valence-corrected chi connectivity index (χ4v) is 1.59. The van der Waals surface area contributed by atoms with E-state index >= 15 is 0 Å². The average Bonchev–Trinajstić information content (AvgIpc) is 2.38. The first-order valence-corrected chi connectivity index (χ1v) is 5.49. The molecule has 94 valence electrons. The fraction of sp³-hybridized carbons (Fsp3) is 0.231. The fourth-order valence-electron chi connectivity index (χ4n) is 1.59. The van der Waals surface area contributed by atoms with Crippen LogP contribution in [0.4, 0.5) is 4.39 Å². The van der Waals surface area contributed by atoms with Gasteiger partial charge in [0.05, 0.1) is 13.2 Å². The molecule has 0 saturated heterocycles. The molecule has 1 unspecified atom stereocenters. The van der Waals surface area contributed by atoms with Crippen LogP contribution in [0.2, 0.25) is 0 Å². The standard InChI is InChI=1S/C13H14FN3O/c1-8-6-16-13(17-7-8)12(15)9-3-4-11(18-2)10(14)5-9/h3-7,12H,15H2,1-2H3. The van der Waals surface area contributed by atoms with E-state index in [9.17, 15) is 4.39 Å². The van der Waals surface area contributed by atoms with Gasteiger partial charge >= 0.3 is 0 Å². The lowest BCUT2D eigenvalue weighted by Crippen LogP contribution is -2.15. The average molecular weight is 247 g/mol. The highest BCUT2D eigenvalue weighted by atomic mass is 19.1. The van der Waals surface area contributed by atoms with Gasteiger partial charge in [0.25, 0.3) is 0 Å². The first-order valence-electron chi connectivity index (χ1n) is 5.49. The highest BCUT2D eigenvalue weighted by Crippen LogP contribution is 2.23. The Morgan fingerprint density at radius 2 is 1.94 bits per heavy atom. The van der Waals surface area contributed by atoms with Crippen molar-refractivity contribution in [2.45, 2.75) is 13.0 Å². The largest absolute Gasteiger partial charge is 0.494 e. The van der Waals surface area contributed by atoms with Gasteiger partial charge in [-0.05, 0) is 30.2 Å². The van der Waals surface area contributed by atoms with Crippen molar-refractivity contribution >= 4 is 0 Å². The van der Waals surface area contributed by atoms with Crippen molar-refractivity contribution in [3.8, 4) is 5.75 Å². The predicted molar refractivity (Wildman–Crippen MR) is 65.8 cm³/mol. The summed E-state index contributed by atoms with van der Waals surface area (Å²) in [7, 11) is 1.42. The smallest absolute Gasteiger partial charge is 0.165 e. The summed E-state index contributed by atoms with van der Waals surface area (Å²) in [4.78, 5) is 8.27. The Kier molecular flexibility index (Phi) is 3.53. The molecule has 2 N–H and O–H groups in total. The summed E-state index contributed by atoms with van der Waals surface area (Å²) in [5.74, 6) is 0.207. The summed E-state index contributed by atoms with van der Waals surface area (Å²) in [6.45, 7) is 1.89. The Bertz CT molecular complexity index is 542. The summed E-state index contributed by atoms with van der Waals surface area (Å²) in [5, 5.41) is 0. The van der Waals surface area contributed by atoms with Gasteiger partial charge in [0.2, 0.25) is 0 Å². The second-order valence-electron chi connectivity index (χ2n) is 3.99. The van der Waals surface area contributed by atoms with E-state index in [1.54, 1.807) is 24.5 Å². The van der Waals surface area contributed by atoms with Crippen LogP contribution in [0.5, 0.6) is 5.75 Å². The Balaban J connectivity index is 2.31. The number of nitrogens with two attached hydrogens (primary N) is 1. The molecule has 0 amide bonds. The maximum absolute atomic E-state index is 13.6. The van der Waals surface area contributed by atoms with Gasteiger partial charge in [-0.3, -0.25) is 0 Å². The van der Waals surface area contributed by atoms with Gasteiger partial charge in [0.15, 0.2) is 11.6 Å². The van der Waals surface area contributed by atoms with Crippen LogP contribution >= 0.6 is 0 Å². The maximum Gasteiger partial charge on any atom is 0.165 e. The molecule has 5 heteroatoms. The van der Waals surface area contributed by atoms with Gasteiger partial charge in [-0.1, -0.05) is 6.07 Å². The number of rotatable bonds is 3. The van der Waals surface area contributed by atoms with E-state index < -0.39 is 11.9 Å². The molecule has 0 aliphatic heterocycles. The van der Waals surface area contributed by atoms with Crippen molar-refractivity contribution in [2.75, 3.05) is 7.11 Å². The SMILES string of the molecule is COc1ccc(C(N)c2ncc(C)cn2)cc1F. The zero-order valence-electron chi connectivity index (χ0n) is 10.2. The van der Waals surface area contributed by atoms with Crippen molar-refractivity contribution in [1.82, 2.24) is 9.97 Å². The molecule has 4 nitrogen and oxygen atoms in total. The van der Waals surface area contributed by atoms with E-state index in [1.807, 2.05) is 6.92 Å². The van der Waals surface area contributed by atoms with Gasteiger partial charge in [-0.15, -0.1) is 0 Å². The molecule has 1 atom stereocenters. The van der Waals surface area contributed by atoms with Gasteiger partial charge in [0, 0.05) is 12.4 Å². The second-order valence-corrected chi connectivity index (χ2v) is 3.99. The van der Waals surface area contributed by atoms with Gasteiger partial charge in [0.1, 0.15) is 5.82 Å². The number of aromatic nitrogens is 2. The van der Waals surface area contributed by atoms with Crippen molar-refractivity contribution in [3.63, 3.8) is 0 Å². The van der Waals surface area contributed by atoms with Crippen LogP contribution in [-0.2, 0) is 0 Å². The maximum atomic E-state index is 13.6. The number of benzene rings is 1. The number of ether oxygens (including phenoxy) is 1. The zero-order chi connectivity index (χ0) is 13.1. The van der Waals surface area contributed by atoms with Crippen LogP contribution in [0.15, 0.2) is 30.6 Å². The van der Waals surface area contributed by atoms with Crippen LogP contribution in [0.3, 0.4) is 0 Å². The molecular weight excluding hydrogens is 233 g/mol. The van der Waals surface area contributed by atoms with Crippen LogP contribution in [-0.4, -0.2) is 17.1 Å². The zero-order valence-corrected chi connectivity index (χ0v) is 10.2. The minimum atomic E-state index is -0.550. The highest BCUT2D eigenvalue weighted by Gasteiger charge is 2.14. The summed E-state index contributed by atoms with van der Waals surface area (Å²) >= 11 is 0.